The van der Waals surface area contributed by atoms with Crippen LogP contribution < -0.4 is 5.32 Å². The summed E-state index contributed by atoms with van der Waals surface area (Å²) in [6.07, 6.45) is 4.62. The van der Waals surface area contributed by atoms with Crippen LogP contribution in [0.25, 0.3) is 0 Å². The Kier molecular flexibility index (Phi) is 2.48. The third-order valence-corrected chi connectivity index (χ3v) is 3.09. The molecule has 4 nitrogen and oxygen atoms in total. The molecule has 1 aromatic heterocycles. The van der Waals surface area contributed by atoms with E-state index in [2.05, 4.69) is 5.32 Å². The van der Waals surface area contributed by atoms with E-state index in [0.717, 1.165) is 11.3 Å². The number of fused-ring (bicyclic) bond motifs is 1. The Morgan fingerprint density at radius 1 is 1.17 bits per heavy atom. The van der Waals surface area contributed by atoms with E-state index < -0.39 is 0 Å². The van der Waals surface area contributed by atoms with Crippen LogP contribution in [0.4, 0.5) is 5.69 Å². The maximum absolute atomic E-state index is 12.1. The van der Waals surface area contributed by atoms with Gasteiger partial charge >= 0.3 is 0 Å². The van der Waals surface area contributed by atoms with Crippen LogP contribution in [0.2, 0.25) is 0 Å². The van der Waals surface area contributed by atoms with Crippen LogP contribution in [0.5, 0.6) is 0 Å². The van der Waals surface area contributed by atoms with Gasteiger partial charge in [0.05, 0.1) is 0 Å². The van der Waals surface area contributed by atoms with Crippen LogP contribution in [0, 0.1) is 0 Å². The van der Waals surface area contributed by atoms with Gasteiger partial charge in [0, 0.05) is 30.1 Å². The predicted octanol–water partition coefficient (Wildman–Crippen LogP) is 2.06. The van der Waals surface area contributed by atoms with Gasteiger partial charge in [0.2, 0.25) is 5.91 Å². The zero-order chi connectivity index (χ0) is 12.5. The standard InChI is InChI=1S/C14H12N2O2/c17-13-6-4-10-9-11(3-5-12(10)15-13)14(18)16-7-1-2-8-16/h1-3,5,7-9H,4,6H2,(H,15,17). The zero-order valence-electron chi connectivity index (χ0n) is 9.72. The van der Waals surface area contributed by atoms with Crippen molar-refractivity contribution in [3.05, 3.63) is 53.9 Å². The SMILES string of the molecule is O=C1CCc2cc(C(=O)n3cccc3)ccc2N1. The highest BCUT2D eigenvalue weighted by molar-refractivity contribution is 5.98. The molecule has 0 unspecified atom stereocenters. The number of carbonyl (C=O) groups excluding carboxylic acids is 2. The lowest BCUT2D eigenvalue weighted by molar-refractivity contribution is -0.116. The summed E-state index contributed by atoms with van der Waals surface area (Å²) in [5.74, 6) is -0.0216. The number of hydrogen-bond donors (Lipinski definition) is 1. The third kappa shape index (κ3) is 1.82. The zero-order valence-corrected chi connectivity index (χ0v) is 9.72. The maximum Gasteiger partial charge on any atom is 0.261 e. The number of nitrogens with one attached hydrogen (secondary N) is 1. The van der Waals surface area contributed by atoms with Gasteiger partial charge in [-0.3, -0.25) is 14.2 Å². The Hall–Kier alpha value is -2.36. The lowest BCUT2D eigenvalue weighted by Gasteiger charge is -2.17. The van der Waals surface area contributed by atoms with Gasteiger partial charge in [0.15, 0.2) is 0 Å². The van der Waals surface area contributed by atoms with Crippen LogP contribution >= 0.6 is 0 Å². The van der Waals surface area contributed by atoms with E-state index in [1.54, 1.807) is 29.1 Å². The van der Waals surface area contributed by atoms with Crippen molar-refractivity contribution in [2.75, 3.05) is 5.32 Å². The molecule has 0 saturated carbocycles. The van der Waals surface area contributed by atoms with E-state index in [9.17, 15) is 9.59 Å². The average molecular weight is 240 g/mol. The quantitative estimate of drug-likeness (QED) is 0.829. The molecular weight excluding hydrogens is 228 g/mol. The molecule has 1 amide bonds. The van der Waals surface area contributed by atoms with E-state index >= 15 is 0 Å². The molecule has 0 atom stereocenters. The first kappa shape index (κ1) is 10.8. The molecule has 4 heteroatoms. The monoisotopic (exact) mass is 240 g/mol. The van der Waals surface area contributed by atoms with E-state index in [0.29, 0.717) is 18.4 Å². The first-order chi connectivity index (χ1) is 8.74. The molecule has 0 aliphatic carbocycles. The molecule has 1 aliphatic heterocycles. The Balaban J connectivity index is 1.95. The minimum atomic E-state index is -0.0558. The number of benzene rings is 1. The van der Waals surface area contributed by atoms with Gasteiger partial charge in [-0.1, -0.05) is 0 Å². The second-order valence-corrected chi connectivity index (χ2v) is 4.32. The van der Waals surface area contributed by atoms with Gasteiger partial charge in [-0.15, -0.1) is 0 Å². The van der Waals surface area contributed by atoms with Gasteiger partial charge < -0.3 is 5.32 Å². The van der Waals surface area contributed by atoms with Gasteiger partial charge in [0.1, 0.15) is 0 Å². The number of amides is 1. The lowest BCUT2D eigenvalue weighted by atomic mass is 10.00. The van der Waals surface area contributed by atoms with Crippen LogP contribution in [0.1, 0.15) is 22.3 Å². The molecule has 2 heterocycles. The highest BCUT2D eigenvalue weighted by Crippen LogP contribution is 2.23. The summed E-state index contributed by atoms with van der Waals surface area (Å²) >= 11 is 0. The summed E-state index contributed by atoms with van der Waals surface area (Å²) in [5.41, 5.74) is 2.48. The van der Waals surface area contributed by atoms with Crippen LogP contribution in [0.15, 0.2) is 42.7 Å². The molecule has 1 aromatic carbocycles. The average Bonchev–Trinajstić information content (AvgIpc) is 2.91. The van der Waals surface area contributed by atoms with Gasteiger partial charge in [0.25, 0.3) is 5.91 Å². The normalized spacial score (nSPS) is 13.9. The molecule has 1 aliphatic rings. The second-order valence-electron chi connectivity index (χ2n) is 4.32. The van der Waals surface area contributed by atoms with E-state index in [-0.39, 0.29) is 11.8 Å². The molecule has 3 rings (SSSR count). The molecule has 0 bridgehead atoms. The van der Waals surface area contributed by atoms with E-state index in [4.69, 9.17) is 0 Å². The third-order valence-electron chi connectivity index (χ3n) is 3.09. The Morgan fingerprint density at radius 3 is 2.72 bits per heavy atom. The minimum Gasteiger partial charge on any atom is -0.326 e. The molecule has 2 aromatic rings. The number of rotatable bonds is 1. The molecule has 90 valence electrons. The number of aryl methyl sites for hydroxylation is 1. The van der Waals surface area contributed by atoms with Gasteiger partial charge in [-0.25, -0.2) is 0 Å². The molecule has 0 saturated heterocycles. The molecule has 0 spiro atoms. The van der Waals surface area contributed by atoms with Crippen molar-refractivity contribution in [3.8, 4) is 0 Å². The first-order valence-electron chi connectivity index (χ1n) is 5.84. The summed E-state index contributed by atoms with van der Waals surface area (Å²) < 4.78 is 1.54. The fourth-order valence-corrected chi connectivity index (χ4v) is 2.14. The summed E-state index contributed by atoms with van der Waals surface area (Å²) in [5, 5.41) is 2.80. The van der Waals surface area contributed by atoms with E-state index in [1.807, 2.05) is 18.2 Å². The summed E-state index contributed by atoms with van der Waals surface area (Å²) in [6, 6.07) is 9.03. The van der Waals surface area contributed by atoms with Crippen LogP contribution in [-0.2, 0) is 11.2 Å². The minimum absolute atomic E-state index is 0.0342. The largest absolute Gasteiger partial charge is 0.326 e. The Morgan fingerprint density at radius 2 is 1.94 bits per heavy atom. The van der Waals surface area contributed by atoms with Gasteiger partial charge in [-0.05, 0) is 42.3 Å². The smallest absolute Gasteiger partial charge is 0.261 e. The maximum atomic E-state index is 12.1. The predicted molar refractivity (Wildman–Crippen MR) is 67.6 cm³/mol. The van der Waals surface area contributed by atoms with Crippen molar-refractivity contribution in [3.63, 3.8) is 0 Å². The number of aromatic nitrogens is 1. The van der Waals surface area contributed by atoms with Crippen LogP contribution in [-0.4, -0.2) is 16.4 Å². The Labute approximate surface area is 104 Å². The second kappa shape index (κ2) is 4.14. The highest BCUT2D eigenvalue weighted by Gasteiger charge is 2.16. The topological polar surface area (TPSA) is 51.1 Å². The van der Waals surface area contributed by atoms with Crippen molar-refractivity contribution < 1.29 is 9.59 Å². The molecule has 18 heavy (non-hydrogen) atoms. The number of anilines is 1. The van der Waals surface area contributed by atoms with Crippen LogP contribution in [0.3, 0.4) is 0 Å². The molecule has 0 fully saturated rings. The van der Waals surface area contributed by atoms with Crippen molar-refractivity contribution in [1.29, 1.82) is 0 Å². The number of carbonyl (C=O) groups is 2. The molecular formula is C14H12N2O2. The van der Waals surface area contributed by atoms with Crippen molar-refractivity contribution in [2.24, 2.45) is 0 Å². The van der Waals surface area contributed by atoms with E-state index in [1.165, 1.54) is 0 Å². The number of nitrogens with zero attached hydrogens (tertiary/aromatic N) is 1. The lowest BCUT2D eigenvalue weighted by Crippen LogP contribution is -2.19. The summed E-state index contributed by atoms with van der Waals surface area (Å²) in [7, 11) is 0. The fraction of sp³-hybridized carbons (Fsp3) is 0.143. The fourth-order valence-electron chi connectivity index (χ4n) is 2.14. The Bertz CT molecular complexity index is 615. The summed E-state index contributed by atoms with van der Waals surface area (Å²) in [4.78, 5) is 23.4. The highest BCUT2D eigenvalue weighted by atomic mass is 16.2. The number of hydrogen-bond acceptors (Lipinski definition) is 2. The summed E-state index contributed by atoms with van der Waals surface area (Å²) in [6.45, 7) is 0. The van der Waals surface area contributed by atoms with Gasteiger partial charge in [-0.2, -0.15) is 0 Å². The van der Waals surface area contributed by atoms with Crippen molar-refractivity contribution in [2.45, 2.75) is 12.8 Å². The van der Waals surface area contributed by atoms with Crippen molar-refractivity contribution >= 4 is 17.5 Å². The molecule has 1 N–H and O–H groups in total. The first-order valence-corrected chi connectivity index (χ1v) is 5.84. The van der Waals surface area contributed by atoms with Crippen molar-refractivity contribution in [1.82, 2.24) is 4.57 Å². The molecule has 0 radical (unpaired) electrons.